The molecule has 0 heterocycles. The van der Waals surface area contributed by atoms with E-state index in [1.165, 1.54) is 27.1 Å². The minimum Gasteiger partial charge on any atom is -0.398 e. The summed E-state index contributed by atoms with van der Waals surface area (Å²) in [5.74, 6) is 0.978. The molecule has 2 heteroatoms. The van der Waals surface area contributed by atoms with Crippen LogP contribution in [0.15, 0.2) is 35.2 Å². The molecule has 100 valence electrons. The largest absolute Gasteiger partial charge is 0.398 e. The van der Waals surface area contributed by atoms with Gasteiger partial charge in [0.25, 0.3) is 0 Å². The van der Waals surface area contributed by atoms with Gasteiger partial charge in [-0.05, 0) is 56.0 Å². The molecule has 19 heavy (non-hydrogen) atoms. The number of nitrogens with two attached hydrogens (primary N) is 1. The molecule has 2 aromatic rings. The summed E-state index contributed by atoms with van der Waals surface area (Å²) >= 11 is 1.82. The van der Waals surface area contributed by atoms with E-state index in [0.29, 0.717) is 0 Å². The minimum atomic E-state index is 0.912. The maximum Gasteiger partial charge on any atom is 0.0482 e. The molecule has 0 saturated carbocycles. The summed E-state index contributed by atoms with van der Waals surface area (Å²) in [4.78, 5) is 1.18. The zero-order chi connectivity index (χ0) is 14.0. The highest BCUT2D eigenvalue weighted by Crippen LogP contribution is 2.32. The predicted molar refractivity (Wildman–Crippen MR) is 85.8 cm³/mol. The van der Waals surface area contributed by atoms with Crippen LogP contribution in [0.5, 0.6) is 0 Å². The van der Waals surface area contributed by atoms with Crippen LogP contribution in [0.1, 0.15) is 27.8 Å². The monoisotopic (exact) mass is 271 g/mol. The summed E-state index contributed by atoms with van der Waals surface area (Å²) in [6.07, 6.45) is 0. The molecule has 0 bridgehead atoms. The first-order chi connectivity index (χ1) is 8.99. The van der Waals surface area contributed by atoms with Crippen LogP contribution in [0.2, 0.25) is 0 Å². The van der Waals surface area contributed by atoms with Gasteiger partial charge in [0.1, 0.15) is 0 Å². The second kappa shape index (κ2) is 5.70. The normalized spacial score (nSPS) is 10.7. The molecule has 2 rings (SSSR count). The van der Waals surface area contributed by atoms with Crippen LogP contribution in [0.25, 0.3) is 0 Å². The van der Waals surface area contributed by atoms with E-state index >= 15 is 0 Å². The Kier molecular flexibility index (Phi) is 4.20. The summed E-state index contributed by atoms with van der Waals surface area (Å²) in [7, 11) is 0. The standard InChI is InChI=1S/C17H21NS/c1-11-8-13(3)15(14(4)9-11)10-19-16-7-5-6-12(2)17(16)18/h5-9H,10,18H2,1-4H3. The van der Waals surface area contributed by atoms with Gasteiger partial charge in [0.15, 0.2) is 0 Å². The molecule has 0 unspecified atom stereocenters. The number of aryl methyl sites for hydroxylation is 4. The molecular weight excluding hydrogens is 250 g/mol. The summed E-state index contributed by atoms with van der Waals surface area (Å²) in [5.41, 5.74) is 13.7. The van der Waals surface area contributed by atoms with Crippen molar-refractivity contribution in [2.24, 2.45) is 0 Å². The molecule has 0 aliphatic carbocycles. The molecule has 0 amide bonds. The quantitative estimate of drug-likeness (QED) is 0.641. The Morgan fingerprint density at radius 1 is 0.947 bits per heavy atom. The number of rotatable bonds is 3. The first-order valence-electron chi connectivity index (χ1n) is 6.53. The van der Waals surface area contributed by atoms with E-state index < -0.39 is 0 Å². The second-order valence-corrected chi connectivity index (χ2v) is 6.17. The molecule has 2 N–H and O–H groups in total. The summed E-state index contributed by atoms with van der Waals surface area (Å²) in [6, 6.07) is 10.7. The first-order valence-corrected chi connectivity index (χ1v) is 7.52. The lowest BCUT2D eigenvalue weighted by atomic mass is 10.0. The highest BCUT2D eigenvalue weighted by atomic mass is 32.2. The number of hydrogen-bond donors (Lipinski definition) is 1. The van der Waals surface area contributed by atoms with Crippen LogP contribution in [0.4, 0.5) is 5.69 Å². The van der Waals surface area contributed by atoms with Gasteiger partial charge >= 0.3 is 0 Å². The summed E-state index contributed by atoms with van der Waals surface area (Å²) in [5, 5.41) is 0. The number of anilines is 1. The number of nitrogen functional groups attached to an aromatic ring is 1. The Bertz CT molecular complexity index is 579. The first kappa shape index (κ1) is 14.0. The third-order valence-corrected chi connectivity index (χ3v) is 4.60. The van der Waals surface area contributed by atoms with Gasteiger partial charge in [-0.2, -0.15) is 0 Å². The van der Waals surface area contributed by atoms with Crippen molar-refractivity contribution >= 4 is 17.4 Å². The molecule has 0 radical (unpaired) electrons. The number of hydrogen-bond acceptors (Lipinski definition) is 2. The van der Waals surface area contributed by atoms with Crippen LogP contribution >= 0.6 is 11.8 Å². The molecule has 1 nitrogen and oxygen atoms in total. The van der Waals surface area contributed by atoms with Gasteiger partial charge in [-0.15, -0.1) is 11.8 Å². The van der Waals surface area contributed by atoms with Crippen LogP contribution in [0, 0.1) is 27.7 Å². The van der Waals surface area contributed by atoms with E-state index in [1.54, 1.807) is 0 Å². The Labute approximate surface area is 120 Å². The van der Waals surface area contributed by atoms with Crippen molar-refractivity contribution in [1.82, 2.24) is 0 Å². The molecule has 0 atom stereocenters. The topological polar surface area (TPSA) is 26.0 Å². The van der Waals surface area contributed by atoms with Crippen molar-refractivity contribution in [3.63, 3.8) is 0 Å². The predicted octanol–water partition coefficient (Wildman–Crippen LogP) is 4.79. The highest BCUT2D eigenvalue weighted by Gasteiger charge is 2.07. The molecule has 2 aromatic carbocycles. The van der Waals surface area contributed by atoms with E-state index in [2.05, 4.69) is 58.0 Å². The Morgan fingerprint density at radius 3 is 2.21 bits per heavy atom. The van der Waals surface area contributed by atoms with E-state index in [1.807, 2.05) is 11.8 Å². The van der Waals surface area contributed by atoms with Gasteiger partial charge < -0.3 is 5.73 Å². The SMILES string of the molecule is Cc1cc(C)c(CSc2cccc(C)c2N)c(C)c1. The van der Waals surface area contributed by atoms with Gasteiger partial charge in [-0.3, -0.25) is 0 Å². The lowest BCUT2D eigenvalue weighted by Gasteiger charge is -2.12. The lowest BCUT2D eigenvalue weighted by molar-refractivity contribution is 1.21. The molecular formula is C17H21NS. The van der Waals surface area contributed by atoms with E-state index in [0.717, 1.165) is 17.0 Å². The average Bonchev–Trinajstić information content (AvgIpc) is 2.33. The molecule has 0 aromatic heterocycles. The molecule has 0 aliphatic heterocycles. The third kappa shape index (κ3) is 3.13. The van der Waals surface area contributed by atoms with Crippen molar-refractivity contribution in [1.29, 1.82) is 0 Å². The van der Waals surface area contributed by atoms with Crippen LogP contribution in [-0.2, 0) is 5.75 Å². The Morgan fingerprint density at radius 2 is 1.58 bits per heavy atom. The smallest absolute Gasteiger partial charge is 0.0482 e. The van der Waals surface area contributed by atoms with Gasteiger partial charge in [-0.25, -0.2) is 0 Å². The van der Waals surface area contributed by atoms with Gasteiger partial charge in [0, 0.05) is 16.3 Å². The van der Waals surface area contributed by atoms with Crippen molar-refractivity contribution < 1.29 is 0 Å². The van der Waals surface area contributed by atoms with Crippen molar-refractivity contribution in [3.05, 3.63) is 58.1 Å². The lowest BCUT2D eigenvalue weighted by Crippen LogP contribution is -1.95. The molecule has 0 fully saturated rings. The summed E-state index contributed by atoms with van der Waals surface area (Å²) in [6.45, 7) is 8.59. The van der Waals surface area contributed by atoms with Crippen LogP contribution < -0.4 is 5.73 Å². The number of thioether (sulfide) groups is 1. The highest BCUT2D eigenvalue weighted by molar-refractivity contribution is 7.98. The van der Waals surface area contributed by atoms with Crippen molar-refractivity contribution in [3.8, 4) is 0 Å². The van der Waals surface area contributed by atoms with Gasteiger partial charge in [0.05, 0.1) is 0 Å². The maximum absolute atomic E-state index is 6.13. The third-order valence-electron chi connectivity index (χ3n) is 3.50. The maximum atomic E-state index is 6.13. The number of benzene rings is 2. The molecule has 0 aliphatic rings. The average molecular weight is 271 g/mol. The molecule has 0 saturated heterocycles. The zero-order valence-corrected chi connectivity index (χ0v) is 12.9. The zero-order valence-electron chi connectivity index (χ0n) is 12.1. The van der Waals surface area contributed by atoms with Crippen molar-refractivity contribution in [2.75, 3.05) is 5.73 Å². The van der Waals surface area contributed by atoms with Gasteiger partial charge in [-0.1, -0.05) is 29.8 Å². The Hall–Kier alpha value is -1.41. The fourth-order valence-electron chi connectivity index (χ4n) is 2.37. The van der Waals surface area contributed by atoms with Crippen LogP contribution in [0.3, 0.4) is 0 Å². The van der Waals surface area contributed by atoms with Gasteiger partial charge in [0.2, 0.25) is 0 Å². The fourth-order valence-corrected chi connectivity index (χ4v) is 3.61. The molecule has 0 spiro atoms. The minimum absolute atomic E-state index is 0.912. The van der Waals surface area contributed by atoms with E-state index in [4.69, 9.17) is 5.73 Å². The van der Waals surface area contributed by atoms with Crippen LogP contribution in [-0.4, -0.2) is 0 Å². The van der Waals surface area contributed by atoms with E-state index in [-0.39, 0.29) is 0 Å². The fraction of sp³-hybridized carbons (Fsp3) is 0.294. The Balaban J connectivity index is 2.22. The van der Waals surface area contributed by atoms with E-state index in [9.17, 15) is 0 Å². The van der Waals surface area contributed by atoms with Crippen molar-refractivity contribution in [2.45, 2.75) is 38.3 Å². The second-order valence-electron chi connectivity index (χ2n) is 5.15. The summed E-state index contributed by atoms with van der Waals surface area (Å²) < 4.78 is 0. The number of para-hydroxylation sites is 1.